The molecule has 0 saturated heterocycles. The lowest BCUT2D eigenvalue weighted by atomic mass is 9.87. The molecule has 2 aromatic rings. The van der Waals surface area contributed by atoms with E-state index in [1.54, 1.807) is 0 Å². The van der Waals surface area contributed by atoms with E-state index in [1.807, 2.05) is 11.8 Å². The molecule has 0 aliphatic carbocycles. The van der Waals surface area contributed by atoms with Crippen LogP contribution in [0, 0.1) is 5.92 Å². The molecule has 2 aromatic carbocycles. The number of thioether (sulfide) groups is 1. The molecule has 3 rings (SSSR count). The fraction of sp³-hybridized carbons (Fsp3) is 0.333. The van der Waals surface area contributed by atoms with Gasteiger partial charge in [0.15, 0.2) is 0 Å². The van der Waals surface area contributed by atoms with Crippen molar-refractivity contribution in [2.24, 2.45) is 11.7 Å². The molecule has 0 radical (unpaired) electrons. The van der Waals surface area contributed by atoms with Gasteiger partial charge in [0.2, 0.25) is 0 Å². The highest BCUT2D eigenvalue weighted by Gasteiger charge is 2.25. The van der Waals surface area contributed by atoms with Gasteiger partial charge in [-0.25, -0.2) is 0 Å². The van der Waals surface area contributed by atoms with Gasteiger partial charge in [0.1, 0.15) is 0 Å². The molecule has 2 heteroatoms. The molecule has 1 aliphatic rings. The number of hydrogen-bond acceptors (Lipinski definition) is 2. The zero-order chi connectivity index (χ0) is 13.8. The highest BCUT2D eigenvalue weighted by Crippen LogP contribution is 2.42. The summed E-state index contributed by atoms with van der Waals surface area (Å²) in [6.45, 7) is 0.776. The average molecular weight is 283 g/mol. The van der Waals surface area contributed by atoms with Crippen molar-refractivity contribution in [3.63, 3.8) is 0 Å². The minimum Gasteiger partial charge on any atom is -0.330 e. The molecule has 2 atom stereocenters. The van der Waals surface area contributed by atoms with Gasteiger partial charge in [-0.2, -0.15) is 0 Å². The van der Waals surface area contributed by atoms with Gasteiger partial charge in [-0.15, -0.1) is 11.8 Å². The lowest BCUT2D eigenvalue weighted by molar-refractivity contribution is 0.457. The Labute approximate surface area is 125 Å². The standard InChI is InChI=1S/C18H21NS/c19-12-15(10-14-6-2-1-3-7-14)11-16-13-20-18-9-5-4-8-17(16)18/h1-9,15-16H,10-13,19H2. The first-order valence-electron chi connectivity index (χ1n) is 7.32. The number of fused-ring (bicyclic) bond motifs is 1. The quantitative estimate of drug-likeness (QED) is 0.894. The maximum Gasteiger partial charge on any atom is 0.0107 e. The molecular weight excluding hydrogens is 262 g/mol. The van der Waals surface area contributed by atoms with Gasteiger partial charge in [0, 0.05) is 10.6 Å². The molecule has 0 amide bonds. The molecular formula is C18H21NS. The molecule has 0 bridgehead atoms. The van der Waals surface area contributed by atoms with E-state index in [9.17, 15) is 0 Å². The van der Waals surface area contributed by atoms with Crippen molar-refractivity contribution in [2.75, 3.05) is 12.3 Å². The summed E-state index contributed by atoms with van der Waals surface area (Å²) < 4.78 is 0. The van der Waals surface area contributed by atoms with Gasteiger partial charge in [-0.1, -0.05) is 48.5 Å². The van der Waals surface area contributed by atoms with Crippen molar-refractivity contribution >= 4 is 11.8 Å². The number of hydrogen-bond donors (Lipinski definition) is 1. The third-order valence-electron chi connectivity index (χ3n) is 4.12. The molecule has 20 heavy (non-hydrogen) atoms. The maximum atomic E-state index is 6.01. The van der Waals surface area contributed by atoms with Crippen LogP contribution in [0.15, 0.2) is 59.5 Å². The predicted octanol–water partition coefficient (Wildman–Crippen LogP) is 4.08. The summed E-state index contributed by atoms with van der Waals surface area (Å²) in [5.41, 5.74) is 8.95. The largest absolute Gasteiger partial charge is 0.330 e. The highest BCUT2D eigenvalue weighted by molar-refractivity contribution is 7.99. The van der Waals surface area contributed by atoms with Crippen LogP contribution in [0.3, 0.4) is 0 Å². The minimum absolute atomic E-state index is 0.578. The van der Waals surface area contributed by atoms with E-state index in [4.69, 9.17) is 5.73 Å². The van der Waals surface area contributed by atoms with E-state index in [-0.39, 0.29) is 0 Å². The van der Waals surface area contributed by atoms with E-state index in [0.29, 0.717) is 11.8 Å². The van der Waals surface area contributed by atoms with E-state index in [2.05, 4.69) is 54.6 Å². The maximum absolute atomic E-state index is 6.01. The van der Waals surface area contributed by atoms with Crippen molar-refractivity contribution < 1.29 is 0 Å². The van der Waals surface area contributed by atoms with Crippen molar-refractivity contribution in [1.29, 1.82) is 0 Å². The van der Waals surface area contributed by atoms with Crippen LogP contribution in [-0.4, -0.2) is 12.3 Å². The summed E-state index contributed by atoms with van der Waals surface area (Å²) >= 11 is 1.99. The molecule has 2 N–H and O–H groups in total. The summed E-state index contributed by atoms with van der Waals surface area (Å²) in [5.74, 6) is 2.47. The Kier molecular flexibility index (Phi) is 4.44. The fourth-order valence-electron chi connectivity index (χ4n) is 3.04. The molecule has 0 spiro atoms. The monoisotopic (exact) mass is 283 g/mol. The number of benzene rings is 2. The third-order valence-corrected chi connectivity index (χ3v) is 5.37. The average Bonchev–Trinajstić information content (AvgIpc) is 2.91. The fourth-order valence-corrected chi connectivity index (χ4v) is 4.31. The molecule has 2 unspecified atom stereocenters. The first-order valence-corrected chi connectivity index (χ1v) is 8.31. The smallest absolute Gasteiger partial charge is 0.0107 e. The summed E-state index contributed by atoms with van der Waals surface area (Å²) in [4.78, 5) is 1.47. The van der Waals surface area contributed by atoms with Gasteiger partial charge in [-0.05, 0) is 48.4 Å². The van der Waals surface area contributed by atoms with Gasteiger partial charge in [-0.3, -0.25) is 0 Å². The highest BCUT2D eigenvalue weighted by atomic mass is 32.2. The zero-order valence-corrected chi connectivity index (χ0v) is 12.5. The Morgan fingerprint density at radius 2 is 1.80 bits per heavy atom. The molecule has 1 heterocycles. The molecule has 104 valence electrons. The minimum atomic E-state index is 0.578. The van der Waals surface area contributed by atoms with E-state index >= 15 is 0 Å². The van der Waals surface area contributed by atoms with E-state index in [0.717, 1.165) is 13.0 Å². The topological polar surface area (TPSA) is 26.0 Å². The Morgan fingerprint density at radius 1 is 1.05 bits per heavy atom. The molecule has 1 aliphatic heterocycles. The van der Waals surface area contributed by atoms with Gasteiger partial charge < -0.3 is 5.73 Å². The molecule has 0 saturated carbocycles. The van der Waals surface area contributed by atoms with Gasteiger partial charge >= 0.3 is 0 Å². The van der Waals surface area contributed by atoms with Crippen LogP contribution in [0.1, 0.15) is 23.5 Å². The summed E-state index contributed by atoms with van der Waals surface area (Å²) in [7, 11) is 0. The van der Waals surface area contributed by atoms with E-state index in [1.165, 1.54) is 28.2 Å². The van der Waals surface area contributed by atoms with Crippen LogP contribution in [-0.2, 0) is 6.42 Å². The summed E-state index contributed by atoms with van der Waals surface area (Å²) in [5, 5.41) is 0. The zero-order valence-electron chi connectivity index (χ0n) is 11.7. The van der Waals surface area contributed by atoms with Crippen LogP contribution in [0.5, 0.6) is 0 Å². The Balaban J connectivity index is 1.67. The van der Waals surface area contributed by atoms with E-state index < -0.39 is 0 Å². The predicted molar refractivity (Wildman–Crippen MR) is 87.2 cm³/mol. The normalized spacial score (nSPS) is 18.8. The molecule has 0 aromatic heterocycles. The summed E-state index contributed by atoms with van der Waals surface area (Å²) in [6.07, 6.45) is 2.30. The first kappa shape index (κ1) is 13.7. The van der Waals surface area contributed by atoms with Crippen molar-refractivity contribution in [3.05, 3.63) is 65.7 Å². The lowest BCUT2D eigenvalue weighted by Crippen LogP contribution is -2.19. The van der Waals surface area contributed by atoms with Crippen molar-refractivity contribution in [1.82, 2.24) is 0 Å². The SMILES string of the molecule is NCC(Cc1ccccc1)CC1CSc2ccccc21. The van der Waals surface area contributed by atoms with Crippen molar-refractivity contribution in [3.8, 4) is 0 Å². The van der Waals surface area contributed by atoms with Crippen LogP contribution >= 0.6 is 11.8 Å². The number of nitrogens with two attached hydrogens (primary N) is 1. The van der Waals surface area contributed by atoms with Gasteiger partial charge in [0.25, 0.3) is 0 Å². The molecule has 0 fully saturated rings. The second kappa shape index (κ2) is 6.47. The lowest BCUT2D eigenvalue weighted by Gasteiger charge is -2.19. The molecule has 1 nitrogen and oxygen atoms in total. The summed E-state index contributed by atoms with van der Waals surface area (Å²) in [6, 6.07) is 19.5. The second-order valence-corrected chi connectivity index (χ2v) is 6.63. The Bertz CT molecular complexity index is 552. The van der Waals surface area contributed by atoms with Crippen LogP contribution in [0.25, 0.3) is 0 Å². The second-order valence-electron chi connectivity index (χ2n) is 5.57. The van der Waals surface area contributed by atoms with Crippen LogP contribution < -0.4 is 5.73 Å². The van der Waals surface area contributed by atoms with Crippen LogP contribution in [0.2, 0.25) is 0 Å². The van der Waals surface area contributed by atoms with Gasteiger partial charge in [0.05, 0.1) is 0 Å². The number of rotatable bonds is 5. The Hall–Kier alpha value is -1.25. The Morgan fingerprint density at radius 3 is 2.60 bits per heavy atom. The van der Waals surface area contributed by atoms with Crippen LogP contribution in [0.4, 0.5) is 0 Å². The van der Waals surface area contributed by atoms with Crippen molar-refractivity contribution in [2.45, 2.75) is 23.7 Å². The first-order chi connectivity index (χ1) is 9.86. The third kappa shape index (κ3) is 3.08.